The molecule has 1 aliphatic carbocycles. The predicted molar refractivity (Wildman–Crippen MR) is 44.8 cm³/mol. The Labute approximate surface area is 72.0 Å². The van der Waals surface area contributed by atoms with Crippen molar-refractivity contribution in [1.82, 2.24) is 4.90 Å². The Balaban J connectivity index is 2.07. The van der Waals surface area contributed by atoms with Crippen LogP contribution in [0.3, 0.4) is 0 Å². The topological polar surface area (TPSA) is 29.5 Å². The normalized spacial score (nSPS) is 32.2. The maximum absolute atomic E-state index is 11.2. The molecule has 0 radical (unpaired) electrons. The third-order valence-electron chi connectivity index (χ3n) is 2.70. The molecule has 3 heteroatoms. The third-order valence-corrected chi connectivity index (χ3v) is 2.70. The number of nitrogens with zero attached hydrogens (tertiary/aromatic N) is 1. The van der Waals surface area contributed by atoms with Gasteiger partial charge in [0.05, 0.1) is 13.2 Å². The molecule has 2 aliphatic rings. The lowest BCUT2D eigenvalue weighted by molar-refractivity contribution is 0.0988. The van der Waals surface area contributed by atoms with Gasteiger partial charge in [0.15, 0.2) is 0 Å². The van der Waals surface area contributed by atoms with Crippen LogP contribution in [0.2, 0.25) is 0 Å². The van der Waals surface area contributed by atoms with Gasteiger partial charge < -0.3 is 9.64 Å². The molecule has 0 spiro atoms. The smallest absolute Gasteiger partial charge is 0.409 e. The van der Waals surface area contributed by atoms with E-state index in [0.29, 0.717) is 12.0 Å². The summed E-state index contributed by atoms with van der Waals surface area (Å²) < 4.78 is 4.69. The molecule has 1 saturated heterocycles. The summed E-state index contributed by atoms with van der Waals surface area (Å²) in [6, 6.07) is 0.302. The van der Waals surface area contributed by atoms with Crippen LogP contribution in [0.25, 0.3) is 0 Å². The van der Waals surface area contributed by atoms with E-state index in [4.69, 9.17) is 4.74 Å². The fourth-order valence-electron chi connectivity index (χ4n) is 2.01. The number of carbonyl (C=O) groups excluding carboxylic acids is 1. The van der Waals surface area contributed by atoms with E-state index in [2.05, 4.69) is 12.2 Å². The van der Waals surface area contributed by atoms with Gasteiger partial charge in [0, 0.05) is 6.54 Å². The minimum Gasteiger partial charge on any atom is -0.453 e. The maximum atomic E-state index is 11.2. The Hall–Kier alpha value is -0.990. The summed E-state index contributed by atoms with van der Waals surface area (Å²) in [5, 5.41) is 0. The lowest BCUT2D eigenvalue weighted by atomic mass is 9.99. The van der Waals surface area contributed by atoms with E-state index in [-0.39, 0.29) is 6.09 Å². The molecule has 2 rings (SSSR count). The first-order valence-electron chi connectivity index (χ1n) is 4.34. The number of hydrogen-bond acceptors (Lipinski definition) is 2. The predicted octanol–water partition coefficient (Wildman–Crippen LogP) is 1.40. The first-order chi connectivity index (χ1) is 5.81. The van der Waals surface area contributed by atoms with Crippen molar-refractivity contribution in [1.29, 1.82) is 0 Å². The summed E-state index contributed by atoms with van der Waals surface area (Å²) >= 11 is 0. The van der Waals surface area contributed by atoms with Crippen molar-refractivity contribution in [2.75, 3.05) is 13.7 Å². The summed E-state index contributed by atoms with van der Waals surface area (Å²) in [5.74, 6) is 0.705. The highest BCUT2D eigenvalue weighted by molar-refractivity contribution is 5.68. The second kappa shape index (κ2) is 2.81. The molecule has 1 heterocycles. The van der Waals surface area contributed by atoms with Crippen molar-refractivity contribution in [3.8, 4) is 0 Å². The number of fused-ring (bicyclic) bond motifs is 2. The van der Waals surface area contributed by atoms with Gasteiger partial charge in [-0.1, -0.05) is 12.2 Å². The Kier molecular flexibility index (Phi) is 1.79. The fraction of sp³-hybridized carbons (Fsp3) is 0.667. The number of methoxy groups -OCH3 is 1. The minimum absolute atomic E-state index is 0.190. The van der Waals surface area contributed by atoms with Gasteiger partial charge in [-0.05, 0) is 18.8 Å². The van der Waals surface area contributed by atoms with Crippen molar-refractivity contribution in [3.63, 3.8) is 0 Å². The lowest BCUT2D eigenvalue weighted by Gasteiger charge is -2.31. The molecule has 1 amide bonds. The van der Waals surface area contributed by atoms with Gasteiger partial charge >= 0.3 is 6.09 Å². The number of rotatable bonds is 0. The van der Waals surface area contributed by atoms with Crippen LogP contribution in [0.15, 0.2) is 12.2 Å². The average Bonchev–Trinajstić information content (AvgIpc) is 2.47. The first-order valence-corrected chi connectivity index (χ1v) is 4.34. The third kappa shape index (κ3) is 1.09. The highest BCUT2D eigenvalue weighted by Gasteiger charge is 2.32. The molecule has 0 aromatic heterocycles. The quantitative estimate of drug-likeness (QED) is 0.510. The Bertz CT molecular complexity index is 225. The molecule has 2 unspecified atom stereocenters. The fourth-order valence-corrected chi connectivity index (χ4v) is 2.01. The molecule has 1 aliphatic heterocycles. The zero-order valence-electron chi connectivity index (χ0n) is 7.19. The van der Waals surface area contributed by atoms with Gasteiger partial charge in [-0.25, -0.2) is 4.79 Å². The molecular formula is C9H13NO2. The molecule has 1 fully saturated rings. The number of ether oxygens (including phenoxy) is 1. The summed E-state index contributed by atoms with van der Waals surface area (Å²) in [4.78, 5) is 13.0. The van der Waals surface area contributed by atoms with Crippen molar-refractivity contribution in [3.05, 3.63) is 12.2 Å². The van der Waals surface area contributed by atoms with E-state index in [9.17, 15) is 4.79 Å². The van der Waals surface area contributed by atoms with Gasteiger partial charge in [-0.2, -0.15) is 0 Å². The van der Waals surface area contributed by atoms with Crippen LogP contribution in [0, 0.1) is 5.92 Å². The Morgan fingerprint density at radius 3 is 3.17 bits per heavy atom. The van der Waals surface area contributed by atoms with E-state index in [1.54, 1.807) is 4.90 Å². The first kappa shape index (κ1) is 7.65. The number of piperidine rings is 1. The lowest BCUT2D eigenvalue weighted by Crippen LogP contribution is -2.42. The minimum atomic E-state index is -0.190. The van der Waals surface area contributed by atoms with Gasteiger partial charge in [0.25, 0.3) is 0 Å². The van der Waals surface area contributed by atoms with Crippen molar-refractivity contribution < 1.29 is 9.53 Å². The zero-order valence-corrected chi connectivity index (χ0v) is 7.19. The molecular weight excluding hydrogens is 154 g/mol. The maximum Gasteiger partial charge on any atom is 0.409 e. The van der Waals surface area contributed by atoms with E-state index in [1.165, 1.54) is 7.11 Å². The number of likely N-dealkylation sites (tertiary alicyclic amines) is 1. The second-order valence-corrected chi connectivity index (χ2v) is 3.40. The SMILES string of the molecule is COC(=O)N1CCC2C=CC1C2. The Morgan fingerprint density at radius 2 is 2.42 bits per heavy atom. The standard InChI is InChI=1S/C9H13NO2/c1-12-9(11)10-5-4-7-2-3-8(10)6-7/h2-3,7-8H,4-6H2,1H3. The number of allylic oxidation sites excluding steroid dienone is 1. The van der Waals surface area contributed by atoms with Crippen LogP contribution < -0.4 is 0 Å². The van der Waals surface area contributed by atoms with Crippen LogP contribution in [-0.4, -0.2) is 30.7 Å². The zero-order chi connectivity index (χ0) is 8.55. The van der Waals surface area contributed by atoms with E-state index >= 15 is 0 Å². The van der Waals surface area contributed by atoms with Crippen LogP contribution in [-0.2, 0) is 4.74 Å². The average molecular weight is 167 g/mol. The van der Waals surface area contributed by atoms with Crippen LogP contribution in [0.4, 0.5) is 4.79 Å². The molecule has 0 aromatic carbocycles. The van der Waals surface area contributed by atoms with Crippen molar-refractivity contribution in [2.45, 2.75) is 18.9 Å². The molecule has 0 saturated carbocycles. The Morgan fingerprint density at radius 1 is 1.58 bits per heavy atom. The van der Waals surface area contributed by atoms with Gasteiger partial charge in [-0.3, -0.25) is 0 Å². The molecule has 3 nitrogen and oxygen atoms in total. The van der Waals surface area contributed by atoms with E-state index in [0.717, 1.165) is 19.4 Å². The largest absolute Gasteiger partial charge is 0.453 e. The number of carbonyl (C=O) groups is 1. The van der Waals surface area contributed by atoms with Crippen LogP contribution in [0.1, 0.15) is 12.8 Å². The summed E-state index contributed by atoms with van der Waals surface area (Å²) in [5.41, 5.74) is 0. The molecule has 12 heavy (non-hydrogen) atoms. The monoisotopic (exact) mass is 167 g/mol. The second-order valence-electron chi connectivity index (χ2n) is 3.40. The molecule has 2 bridgehead atoms. The molecule has 66 valence electrons. The van der Waals surface area contributed by atoms with Crippen LogP contribution >= 0.6 is 0 Å². The molecule has 2 atom stereocenters. The number of hydrogen-bond donors (Lipinski definition) is 0. The van der Waals surface area contributed by atoms with E-state index in [1.807, 2.05) is 0 Å². The highest BCUT2D eigenvalue weighted by atomic mass is 16.5. The van der Waals surface area contributed by atoms with Gasteiger partial charge in [-0.15, -0.1) is 0 Å². The summed E-state index contributed by atoms with van der Waals surface area (Å²) in [6.45, 7) is 0.842. The van der Waals surface area contributed by atoms with Gasteiger partial charge in [0.1, 0.15) is 0 Å². The van der Waals surface area contributed by atoms with Gasteiger partial charge in [0.2, 0.25) is 0 Å². The summed E-state index contributed by atoms with van der Waals surface area (Å²) in [7, 11) is 1.44. The van der Waals surface area contributed by atoms with E-state index < -0.39 is 0 Å². The van der Waals surface area contributed by atoms with Crippen LogP contribution in [0.5, 0.6) is 0 Å². The van der Waals surface area contributed by atoms with Crippen molar-refractivity contribution >= 4 is 6.09 Å². The van der Waals surface area contributed by atoms with Crippen molar-refractivity contribution in [2.24, 2.45) is 5.92 Å². The number of amides is 1. The summed E-state index contributed by atoms with van der Waals surface area (Å²) in [6.07, 6.45) is 6.32. The highest BCUT2D eigenvalue weighted by Crippen LogP contribution is 2.30. The molecule has 0 N–H and O–H groups in total. The molecule has 0 aromatic rings.